The second-order valence-corrected chi connectivity index (χ2v) is 4.47. The number of nitrogens with zero attached hydrogens (tertiary/aromatic N) is 2. The Hall–Kier alpha value is -2.39. The zero-order valence-electron chi connectivity index (χ0n) is 9.54. The van der Waals surface area contributed by atoms with E-state index in [1.54, 1.807) is 30.3 Å². The number of nitriles is 1. The van der Waals surface area contributed by atoms with Crippen LogP contribution in [0.5, 0.6) is 11.5 Å². The monoisotopic (exact) mass is 318 g/mol. The molecule has 0 N–H and O–H groups in total. The third-order valence-electron chi connectivity index (χ3n) is 2.32. The van der Waals surface area contributed by atoms with Crippen molar-refractivity contribution in [3.8, 4) is 17.6 Å². The van der Waals surface area contributed by atoms with Crippen LogP contribution in [0.2, 0.25) is 0 Å². The summed E-state index contributed by atoms with van der Waals surface area (Å²) in [4.78, 5) is 10.2. The molecule has 5 nitrogen and oxygen atoms in total. The first-order chi connectivity index (χ1) is 9.10. The van der Waals surface area contributed by atoms with Gasteiger partial charge in [-0.3, -0.25) is 10.1 Å². The molecule has 0 spiro atoms. The Bertz CT molecular complexity index is 680. The Balaban J connectivity index is 2.29. The van der Waals surface area contributed by atoms with Crippen molar-refractivity contribution in [2.24, 2.45) is 0 Å². The molecule has 0 bridgehead atoms. The third kappa shape index (κ3) is 3.09. The van der Waals surface area contributed by atoms with Crippen LogP contribution in [-0.2, 0) is 0 Å². The zero-order chi connectivity index (χ0) is 13.8. The first kappa shape index (κ1) is 13.1. The molecule has 6 heteroatoms. The van der Waals surface area contributed by atoms with Gasteiger partial charge in [-0.1, -0.05) is 6.07 Å². The average molecular weight is 319 g/mol. The van der Waals surface area contributed by atoms with E-state index in [-0.39, 0.29) is 5.69 Å². The minimum absolute atomic E-state index is 0.0396. The lowest BCUT2D eigenvalue weighted by molar-refractivity contribution is -0.384. The van der Waals surface area contributed by atoms with Crippen LogP contribution in [0.25, 0.3) is 0 Å². The highest BCUT2D eigenvalue weighted by atomic mass is 79.9. The molecule has 2 aromatic rings. The Morgan fingerprint density at radius 1 is 1.26 bits per heavy atom. The highest BCUT2D eigenvalue weighted by molar-refractivity contribution is 9.10. The summed E-state index contributed by atoms with van der Waals surface area (Å²) in [5.41, 5.74) is 0.459. The molecule has 0 aliphatic rings. The molecule has 0 radical (unpaired) electrons. The SMILES string of the molecule is N#Cc1ccc(Oc2cccc([N+](=O)[O-])c2)c(Br)c1. The van der Waals surface area contributed by atoms with E-state index in [4.69, 9.17) is 10.00 Å². The summed E-state index contributed by atoms with van der Waals surface area (Å²) in [6, 6.07) is 12.8. The molecule has 19 heavy (non-hydrogen) atoms. The van der Waals surface area contributed by atoms with E-state index >= 15 is 0 Å². The summed E-state index contributed by atoms with van der Waals surface area (Å²) in [6.45, 7) is 0. The van der Waals surface area contributed by atoms with Crippen molar-refractivity contribution in [3.05, 3.63) is 62.6 Å². The smallest absolute Gasteiger partial charge is 0.273 e. The standard InChI is InChI=1S/C13H7BrN2O3/c14-12-6-9(8-15)4-5-13(12)19-11-3-1-2-10(7-11)16(17)18/h1-7H. The zero-order valence-corrected chi connectivity index (χ0v) is 11.1. The van der Waals surface area contributed by atoms with Gasteiger partial charge in [0.1, 0.15) is 11.5 Å². The molecule has 2 aromatic carbocycles. The first-order valence-corrected chi connectivity index (χ1v) is 6.01. The molecule has 2 rings (SSSR count). The van der Waals surface area contributed by atoms with Gasteiger partial charge < -0.3 is 4.74 Å². The maximum atomic E-state index is 10.7. The number of nitro groups is 1. The van der Waals surface area contributed by atoms with E-state index in [2.05, 4.69) is 15.9 Å². The van der Waals surface area contributed by atoms with Gasteiger partial charge in [0.25, 0.3) is 5.69 Å². The summed E-state index contributed by atoms with van der Waals surface area (Å²) in [6.07, 6.45) is 0. The van der Waals surface area contributed by atoms with Gasteiger partial charge in [0.05, 0.1) is 27.1 Å². The number of ether oxygens (including phenoxy) is 1. The second kappa shape index (κ2) is 5.50. The van der Waals surface area contributed by atoms with E-state index < -0.39 is 4.92 Å². The fourth-order valence-electron chi connectivity index (χ4n) is 1.44. The van der Waals surface area contributed by atoms with Crippen LogP contribution in [0.3, 0.4) is 0 Å². The molecule has 0 amide bonds. The fraction of sp³-hybridized carbons (Fsp3) is 0. The summed E-state index contributed by atoms with van der Waals surface area (Å²) in [5, 5.41) is 19.4. The fourth-order valence-corrected chi connectivity index (χ4v) is 1.90. The average Bonchev–Trinajstić information content (AvgIpc) is 2.41. The maximum Gasteiger partial charge on any atom is 0.273 e. The van der Waals surface area contributed by atoms with Crippen LogP contribution in [-0.4, -0.2) is 4.92 Å². The van der Waals surface area contributed by atoms with Gasteiger partial charge in [-0.25, -0.2) is 0 Å². The predicted octanol–water partition coefficient (Wildman–Crippen LogP) is 4.02. The van der Waals surface area contributed by atoms with Crippen molar-refractivity contribution < 1.29 is 9.66 Å². The largest absolute Gasteiger partial charge is 0.456 e. The number of hydrogen-bond acceptors (Lipinski definition) is 4. The Morgan fingerprint density at radius 3 is 2.68 bits per heavy atom. The van der Waals surface area contributed by atoms with Crippen LogP contribution in [0, 0.1) is 21.4 Å². The normalized spacial score (nSPS) is 9.68. The third-order valence-corrected chi connectivity index (χ3v) is 2.94. The lowest BCUT2D eigenvalue weighted by atomic mass is 10.2. The minimum atomic E-state index is -0.485. The molecule has 0 unspecified atom stereocenters. The first-order valence-electron chi connectivity index (χ1n) is 5.22. The van der Waals surface area contributed by atoms with Crippen molar-refractivity contribution >= 4 is 21.6 Å². The van der Waals surface area contributed by atoms with Crippen LogP contribution in [0.15, 0.2) is 46.9 Å². The molecule has 0 saturated heterocycles. The Labute approximate surface area is 117 Å². The summed E-state index contributed by atoms with van der Waals surface area (Å²) in [5.74, 6) is 0.846. The molecule has 0 aromatic heterocycles. The molecule has 0 aliphatic heterocycles. The number of hydrogen-bond donors (Lipinski definition) is 0. The number of rotatable bonds is 3. The van der Waals surface area contributed by atoms with Crippen LogP contribution < -0.4 is 4.74 Å². The molecule has 0 heterocycles. The van der Waals surface area contributed by atoms with Crippen LogP contribution in [0.1, 0.15) is 5.56 Å². The van der Waals surface area contributed by atoms with Gasteiger partial charge >= 0.3 is 0 Å². The topological polar surface area (TPSA) is 76.2 Å². The van der Waals surface area contributed by atoms with Crippen molar-refractivity contribution in [3.63, 3.8) is 0 Å². The highest BCUT2D eigenvalue weighted by Gasteiger charge is 2.09. The number of non-ortho nitro benzene ring substituents is 1. The predicted molar refractivity (Wildman–Crippen MR) is 72.0 cm³/mol. The highest BCUT2D eigenvalue weighted by Crippen LogP contribution is 2.31. The lowest BCUT2D eigenvalue weighted by Gasteiger charge is -2.07. The van der Waals surface area contributed by atoms with Gasteiger partial charge in [0, 0.05) is 6.07 Å². The van der Waals surface area contributed by atoms with Crippen molar-refractivity contribution in [2.45, 2.75) is 0 Å². The van der Waals surface area contributed by atoms with Gasteiger partial charge in [0.15, 0.2) is 0 Å². The summed E-state index contributed by atoms with van der Waals surface area (Å²) < 4.78 is 6.15. The molecular weight excluding hydrogens is 312 g/mol. The lowest BCUT2D eigenvalue weighted by Crippen LogP contribution is -1.90. The maximum absolute atomic E-state index is 10.7. The van der Waals surface area contributed by atoms with Crippen LogP contribution in [0.4, 0.5) is 5.69 Å². The molecule has 0 saturated carbocycles. The van der Waals surface area contributed by atoms with Gasteiger partial charge in [-0.15, -0.1) is 0 Å². The van der Waals surface area contributed by atoms with Gasteiger partial charge in [-0.05, 0) is 40.2 Å². The molecular formula is C13H7BrN2O3. The minimum Gasteiger partial charge on any atom is -0.456 e. The number of halogens is 1. The van der Waals surface area contributed by atoms with Crippen molar-refractivity contribution in [1.29, 1.82) is 5.26 Å². The Kier molecular flexibility index (Phi) is 3.78. The number of nitro benzene ring substituents is 1. The van der Waals surface area contributed by atoms with Gasteiger partial charge in [0.2, 0.25) is 0 Å². The van der Waals surface area contributed by atoms with E-state index in [1.165, 1.54) is 12.1 Å². The Morgan fingerprint density at radius 2 is 2.05 bits per heavy atom. The van der Waals surface area contributed by atoms with E-state index in [9.17, 15) is 10.1 Å². The molecule has 0 atom stereocenters. The van der Waals surface area contributed by atoms with E-state index in [1.807, 2.05) is 6.07 Å². The van der Waals surface area contributed by atoms with Crippen molar-refractivity contribution in [1.82, 2.24) is 0 Å². The molecule has 0 fully saturated rings. The van der Waals surface area contributed by atoms with E-state index in [0.717, 1.165) is 0 Å². The second-order valence-electron chi connectivity index (χ2n) is 3.61. The van der Waals surface area contributed by atoms with E-state index in [0.29, 0.717) is 21.5 Å². The van der Waals surface area contributed by atoms with Crippen molar-refractivity contribution in [2.75, 3.05) is 0 Å². The quantitative estimate of drug-likeness (QED) is 0.632. The summed E-state index contributed by atoms with van der Waals surface area (Å²) in [7, 11) is 0. The van der Waals surface area contributed by atoms with Gasteiger partial charge in [-0.2, -0.15) is 5.26 Å². The van der Waals surface area contributed by atoms with Crippen LogP contribution >= 0.6 is 15.9 Å². The summed E-state index contributed by atoms with van der Waals surface area (Å²) >= 11 is 3.28. The molecule has 0 aliphatic carbocycles. The number of benzene rings is 2. The molecule has 94 valence electrons.